The summed E-state index contributed by atoms with van der Waals surface area (Å²) >= 11 is 1.55. The van der Waals surface area contributed by atoms with Crippen molar-refractivity contribution in [1.82, 2.24) is 10.2 Å². The maximum Gasteiger partial charge on any atom is 0.410 e. The number of nitrogens with zero attached hydrogens (tertiary/aromatic N) is 2. The maximum absolute atomic E-state index is 12.2. The van der Waals surface area contributed by atoms with Crippen LogP contribution in [-0.2, 0) is 16.0 Å². The Labute approximate surface area is 142 Å². The average Bonchev–Trinajstić information content (AvgIpc) is 2.92. The molecular formula is C16H25N3O3S. The van der Waals surface area contributed by atoms with Gasteiger partial charge in [0.2, 0.25) is 0 Å². The zero-order valence-corrected chi connectivity index (χ0v) is 15.0. The van der Waals surface area contributed by atoms with Crippen molar-refractivity contribution in [3.05, 3.63) is 21.9 Å². The van der Waals surface area contributed by atoms with E-state index < -0.39 is 5.60 Å². The van der Waals surface area contributed by atoms with Gasteiger partial charge in [0.05, 0.1) is 12.2 Å². The summed E-state index contributed by atoms with van der Waals surface area (Å²) in [6, 6.07) is 3.98. The summed E-state index contributed by atoms with van der Waals surface area (Å²) in [6.45, 7) is 8.36. The van der Waals surface area contributed by atoms with Crippen LogP contribution in [0.5, 0.6) is 0 Å². The SMILES string of the molecule is COCCN(CCNCc1cc(C#N)cs1)C(=O)OC(C)(C)C. The largest absolute Gasteiger partial charge is 0.444 e. The van der Waals surface area contributed by atoms with Gasteiger partial charge in [0.1, 0.15) is 11.7 Å². The molecule has 1 heterocycles. The first-order chi connectivity index (χ1) is 10.9. The van der Waals surface area contributed by atoms with E-state index in [1.54, 1.807) is 23.3 Å². The maximum atomic E-state index is 12.2. The lowest BCUT2D eigenvalue weighted by atomic mass is 10.2. The van der Waals surface area contributed by atoms with Gasteiger partial charge in [0.15, 0.2) is 0 Å². The highest BCUT2D eigenvalue weighted by molar-refractivity contribution is 7.10. The van der Waals surface area contributed by atoms with Gasteiger partial charge < -0.3 is 19.7 Å². The fourth-order valence-electron chi connectivity index (χ4n) is 1.78. The van der Waals surface area contributed by atoms with Crippen molar-refractivity contribution in [3.63, 3.8) is 0 Å². The van der Waals surface area contributed by atoms with Crippen molar-refractivity contribution >= 4 is 17.4 Å². The summed E-state index contributed by atoms with van der Waals surface area (Å²) in [7, 11) is 1.61. The summed E-state index contributed by atoms with van der Waals surface area (Å²) in [5, 5.41) is 13.9. The Morgan fingerprint density at radius 1 is 1.43 bits per heavy atom. The number of ether oxygens (including phenoxy) is 2. The van der Waals surface area contributed by atoms with Crippen LogP contribution in [0, 0.1) is 11.3 Å². The van der Waals surface area contributed by atoms with E-state index in [-0.39, 0.29) is 6.09 Å². The van der Waals surface area contributed by atoms with E-state index in [2.05, 4.69) is 11.4 Å². The number of hydrogen-bond donors (Lipinski definition) is 1. The van der Waals surface area contributed by atoms with Crippen molar-refractivity contribution < 1.29 is 14.3 Å². The van der Waals surface area contributed by atoms with Crippen LogP contribution < -0.4 is 5.32 Å². The van der Waals surface area contributed by atoms with Gasteiger partial charge in [-0.05, 0) is 26.8 Å². The predicted molar refractivity (Wildman–Crippen MR) is 90.4 cm³/mol. The lowest BCUT2D eigenvalue weighted by molar-refractivity contribution is 0.0204. The van der Waals surface area contributed by atoms with Gasteiger partial charge in [0, 0.05) is 43.5 Å². The average molecular weight is 339 g/mol. The molecule has 0 atom stereocenters. The zero-order valence-electron chi connectivity index (χ0n) is 14.2. The fraction of sp³-hybridized carbons (Fsp3) is 0.625. The Balaban J connectivity index is 2.41. The molecule has 6 nitrogen and oxygen atoms in total. The molecule has 0 spiro atoms. The predicted octanol–water partition coefficient (Wildman–Crippen LogP) is 2.59. The third kappa shape index (κ3) is 7.98. The Morgan fingerprint density at radius 2 is 2.17 bits per heavy atom. The first kappa shape index (κ1) is 19.4. The number of nitrogens with one attached hydrogen (secondary N) is 1. The molecule has 1 N–H and O–H groups in total. The monoisotopic (exact) mass is 339 g/mol. The van der Waals surface area contributed by atoms with Crippen molar-refractivity contribution in [2.24, 2.45) is 0 Å². The number of nitriles is 1. The molecule has 1 aromatic rings. The number of carbonyl (C=O) groups is 1. The second kappa shape index (κ2) is 9.50. The fourth-order valence-corrected chi connectivity index (χ4v) is 2.56. The minimum atomic E-state index is -0.513. The summed E-state index contributed by atoms with van der Waals surface area (Å²) in [6.07, 6.45) is -0.334. The molecule has 0 saturated heterocycles. The third-order valence-corrected chi connectivity index (χ3v) is 3.79. The van der Waals surface area contributed by atoms with Gasteiger partial charge in [-0.3, -0.25) is 0 Å². The van der Waals surface area contributed by atoms with E-state index in [0.29, 0.717) is 38.3 Å². The minimum Gasteiger partial charge on any atom is -0.444 e. The van der Waals surface area contributed by atoms with Crippen molar-refractivity contribution in [2.75, 3.05) is 33.4 Å². The second-order valence-electron chi connectivity index (χ2n) is 6.05. The van der Waals surface area contributed by atoms with Gasteiger partial charge in [0.25, 0.3) is 0 Å². The summed E-state index contributed by atoms with van der Waals surface area (Å²) in [4.78, 5) is 14.9. The molecule has 23 heavy (non-hydrogen) atoms. The molecule has 0 aromatic carbocycles. The third-order valence-electron chi connectivity index (χ3n) is 2.86. The topological polar surface area (TPSA) is 74.6 Å². The molecule has 1 amide bonds. The number of amides is 1. The van der Waals surface area contributed by atoms with Crippen molar-refractivity contribution in [1.29, 1.82) is 5.26 Å². The zero-order chi connectivity index (χ0) is 17.3. The van der Waals surface area contributed by atoms with Crippen LogP contribution in [0.25, 0.3) is 0 Å². The molecule has 0 aliphatic carbocycles. The molecule has 0 aliphatic rings. The van der Waals surface area contributed by atoms with Gasteiger partial charge in [-0.1, -0.05) is 0 Å². The van der Waals surface area contributed by atoms with Crippen LogP contribution in [-0.4, -0.2) is 49.9 Å². The number of thiophene rings is 1. The van der Waals surface area contributed by atoms with E-state index >= 15 is 0 Å². The van der Waals surface area contributed by atoms with Gasteiger partial charge in [-0.2, -0.15) is 5.26 Å². The normalized spacial score (nSPS) is 11.1. The van der Waals surface area contributed by atoms with Crippen molar-refractivity contribution in [3.8, 4) is 6.07 Å². The van der Waals surface area contributed by atoms with Crippen molar-refractivity contribution in [2.45, 2.75) is 32.9 Å². The Hall–Kier alpha value is -1.62. The highest BCUT2D eigenvalue weighted by atomic mass is 32.1. The lowest BCUT2D eigenvalue weighted by Crippen LogP contribution is -2.42. The van der Waals surface area contributed by atoms with Crippen LogP contribution >= 0.6 is 11.3 Å². The molecule has 0 aliphatic heterocycles. The number of methoxy groups -OCH3 is 1. The Bertz CT molecular complexity index is 531. The molecule has 1 rings (SSSR count). The first-order valence-corrected chi connectivity index (χ1v) is 8.39. The van der Waals surface area contributed by atoms with Crippen LogP contribution in [0.15, 0.2) is 11.4 Å². The molecule has 0 fully saturated rings. The van der Waals surface area contributed by atoms with Gasteiger partial charge in [-0.15, -0.1) is 11.3 Å². The van der Waals surface area contributed by atoms with Crippen LogP contribution in [0.1, 0.15) is 31.2 Å². The standard InChI is InChI=1S/C16H25N3O3S/c1-16(2,3)22-15(20)19(7-8-21-4)6-5-18-11-14-9-13(10-17)12-23-14/h9,12,18H,5-8,11H2,1-4H3. The van der Waals surface area contributed by atoms with Gasteiger partial charge >= 0.3 is 6.09 Å². The molecule has 7 heteroatoms. The summed E-state index contributed by atoms with van der Waals surface area (Å²) in [5.74, 6) is 0. The summed E-state index contributed by atoms with van der Waals surface area (Å²) in [5.41, 5.74) is 0.169. The van der Waals surface area contributed by atoms with Gasteiger partial charge in [-0.25, -0.2) is 4.79 Å². The number of carbonyl (C=O) groups excluding carboxylic acids is 1. The smallest absolute Gasteiger partial charge is 0.410 e. The molecule has 128 valence electrons. The molecule has 0 unspecified atom stereocenters. The molecule has 1 aromatic heterocycles. The Kier molecular flexibility index (Phi) is 8.03. The van der Waals surface area contributed by atoms with Crippen LogP contribution in [0.3, 0.4) is 0 Å². The second-order valence-corrected chi connectivity index (χ2v) is 7.05. The highest BCUT2D eigenvalue weighted by Gasteiger charge is 2.21. The highest BCUT2D eigenvalue weighted by Crippen LogP contribution is 2.13. The number of rotatable bonds is 8. The van der Waals surface area contributed by atoms with E-state index in [9.17, 15) is 4.79 Å². The minimum absolute atomic E-state index is 0.334. The lowest BCUT2D eigenvalue weighted by Gasteiger charge is -2.27. The first-order valence-electron chi connectivity index (χ1n) is 7.51. The van der Waals surface area contributed by atoms with E-state index in [4.69, 9.17) is 14.7 Å². The molecule has 0 bridgehead atoms. The summed E-state index contributed by atoms with van der Waals surface area (Å²) < 4.78 is 10.4. The molecular weight excluding hydrogens is 314 g/mol. The molecule has 0 radical (unpaired) electrons. The van der Waals surface area contributed by atoms with E-state index in [1.807, 2.05) is 32.2 Å². The molecule has 0 saturated carbocycles. The van der Waals surface area contributed by atoms with Crippen LogP contribution in [0.4, 0.5) is 4.79 Å². The van der Waals surface area contributed by atoms with Crippen LogP contribution in [0.2, 0.25) is 0 Å². The van der Waals surface area contributed by atoms with E-state index in [0.717, 1.165) is 4.88 Å². The Morgan fingerprint density at radius 3 is 2.74 bits per heavy atom. The quantitative estimate of drug-likeness (QED) is 0.737. The number of hydrogen-bond acceptors (Lipinski definition) is 6. The van der Waals surface area contributed by atoms with E-state index in [1.165, 1.54) is 0 Å².